The predicted octanol–water partition coefficient (Wildman–Crippen LogP) is 3.38. The molecule has 0 bridgehead atoms. The van der Waals surface area contributed by atoms with Crippen molar-refractivity contribution >= 4 is 41.3 Å². The maximum atomic E-state index is 5.36. The summed E-state index contributed by atoms with van der Waals surface area (Å²) in [6.07, 6.45) is 2.82. The van der Waals surface area contributed by atoms with Crippen molar-refractivity contribution in [2.75, 3.05) is 20.2 Å². The number of aliphatic imine (C=N–C) groups is 1. The zero-order valence-corrected chi connectivity index (χ0v) is 17.5. The highest BCUT2D eigenvalue weighted by Gasteiger charge is 2.03. The van der Waals surface area contributed by atoms with Gasteiger partial charge in [0.05, 0.1) is 18.7 Å². The number of hydrogen-bond acceptors (Lipinski definition) is 4. The quantitative estimate of drug-likeness (QED) is 0.378. The molecule has 2 aromatic rings. The molecule has 5 nitrogen and oxygen atoms in total. The van der Waals surface area contributed by atoms with Gasteiger partial charge >= 0.3 is 0 Å². The van der Waals surface area contributed by atoms with E-state index in [9.17, 15) is 0 Å². The highest BCUT2D eigenvalue weighted by Crippen LogP contribution is 2.17. The Labute approximate surface area is 165 Å². The average molecular weight is 460 g/mol. The number of ether oxygens (including phenoxy) is 1. The first kappa shape index (κ1) is 20.7. The molecule has 1 aromatic carbocycles. The Balaban J connectivity index is 0.00000288. The zero-order chi connectivity index (χ0) is 16.5. The third kappa shape index (κ3) is 6.64. The van der Waals surface area contributed by atoms with Gasteiger partial charge < -0.3 is 15.4 Å². The maximum Gasteiger partial charge on any atom is 0.191 e. The molecular formula is C17H25IN4OS. The summed E-state index contributed by atoms with van der Waals surface area (Å²) in [5.41, 5.74) is 1.07. The first-order valence-corrected chi connectivity index (χ1v) is 8.60. The summed E-state index contributed by atoms with van der Waals surface area (Å²) >= 11 is 1.74. The molecule has 0 aliphatic rings. The van der Waals surface area contributed by atoms with Gasteiger partial charge in [0.25, 0.3) is 0 Å². The molecule has 2 N–H and O–H groups in total. The van der Waals surface area contributed by atoms with Crippen molar-refractivity contribution in [2.45, 2.75) is 26.8 Å². The molecule has 0 aliphatic carbocycles. The molecule has 0 fully saturated rings. The standard InChI is InChI=1S/C17H24N4OS.HI/c1-4-18-17(19-10-9-16-20-11-13(2)23-16)21-12-14-7-5-6-8-15(14)22-3;/h5-8,11H,4,9-10,12H2,1-3H3,(H2,18,19,21);1H. The fraction of sp³-hybridized carbons (Fsp3) is 0.412. The molecule has 1 aromatic heterocycles. The second-order valence-electron chi connectivity index (χ2n) is 5.05. The number of nitrogens with zero attached hydrogens (tertiary/aromatic N) is 2. The number of methoxy groups -OCH3 is 1. The Morgan fingerprint density at radius 3 is 2.75 bits per heavy atom. The van der Waals surface area contributed by atoms with E-state index in [-0.39, 0.29) is 24.0 Å². The van der Waals surface area contributed by atoms with E-state index >= 15 is 0 Å². The van der Waals surface area contributed by atoms with Gasteiger partial charge in [-0.1, -0.05) is 18.2 Å². The van der Waals surface area contributed by atoms with Crippen LogP contribution in [-0.2, 0) is 13.0 Å². The van der Waals surface area contributed by atoms with Crippen LogP contribution >= 0.6 is 35.3 Å². The number of nitrogens with one attached hydrogen (secondary N) is 2. The van der Waals surface area contributed by atoms with Crippen LogP contribution in [0.4, 0.5) is 0 Å². The molecule has 0 radical (unpaired) electrons. The second kappa shape index (κ2) is 11.2. The van der Waals surface area contributed by atoms with Crippen molar-refractivity contribution < 1.29 is 4.74 Å². The Morgan fingerprint density at radius 1 is 1.29 bits per heavy atom. The number of aromatic nitrogens is 1. The Hall–Kier alpha value is -1.35. The minimum Gasteiger partial charge on any atom is -0.496 e. The van der Waals surface area contributed by atoms with Gasteiger partial charge in [-0.25, -0.2) is 9.98 Å². The number of aryl methyl sites for hydroxylation is 1. The third-order valence-electron chi connectivity index (χ3n) is 3.24. The van der Waals surface area contributed by atoms with E-state index in [0.29, 0.717) is 6.54 Å². The van der Waals surface area contributed by atoms with Gasteiger partial charge in [-0.05, 0) is 19.9 Å². The molecule has 1 heterocycles. The van der Waals surface area contributed by atoms with Gasteiger partial charge in [0.15, 0.2) is 5.96 Å². The van der Waals surface area contributed by atoms with Crippen molar-refractivity contribution in [3.05, 3.63) is 45.9 Å². The van der Waals surface area contributed by atoms with E-state index in [1.54, 1.807) is 18.4 Å². The number of benzene rings is 1. The summed E-state index contributed by atoms with van der Waals surface area (Å²) < 4.78 is 5.36. The lowest BCUT2D eigenvalue weighted by molar-refractivity contribution is 0.410. The van der Waals surface area contributed by atoms with E-state index in [2.05, 4.69) is 34.5 Å². The second-order valence-corrected chi connectivity index (χ2v) is 6.37. The Morgan fingerprint density at radius 2 is 2.08 bits per heavy atom. The maximum absolute atomic E-state index is 5.36. The summed E-state index contributed by atoms with van der Waals surface area (Å²) in [6, 6.07) is 7.95. The number of rotatable bonds is 7. The number of para-hydroxylation sites is 1. The van der Waals surface area contributed by atoms with Gasteiger partial charge in [0.2, 0.25) is 0 Å². The van der Waals surface area contributed by atoms with Gasteiger partial charge in [-0.15, -0.1) is 35.3 Å². The van der Waals surface area contributed by atoms with Gasteiger partial charge in [0.1, 0.15) is 5.75 Å². The smallest absolute Gasteiger partial charge is 0.191 e. The molecule has 0 aliphatic heterocycles. The lowest BCUT2D eigenvalue weighted by atomic mass is 10.2. The van der Waals surface area contributed by atoms with E-state index in [1.807, 2.05) is 30.5 Å². The highest BCUT2D eigenvalue weighted by atomic mass is 127. The number of guanidine groups is 1. The van der Waals surface area contributed by atoms with Crippen molar-refractivity contribution in [2.24, 2.45) is 4.99 Å². The molecule has 132 valence electrons. The van der Waals surface area contributed by atoms with Crippen LogP contribution in [-0.4, -0.2) is 31.1 Å². The van der Waals surface area contributed by atoms with Crippen LogP contribution in [0.15, 0.2) is 35.5 Å². The molecular weight excluding hydrogens is 435 g/mol. The van der Waals surface area contributed by atoms with E-state index in [4.69, 9.17) is 4.74 Å². The first-order valence-electron chi connectivity index (χ1n) is 7.78. The molecule has 0 atom stereocenters. The summed E-state index contributed by atoms with van der Waals surface area (Å²) in [6.45, 7) is 6.35. The molecule has 0 saturated heterocycles. The molecule has 0 amide bonds. The van der Waals surface area contributed by atoms with E-state index in [0.717, 1.165) is 41.8 Å². The molecule has 0 spiro atoms. The van der Waals surface area contributed by atoms with Crippen molar-refractivity contribution in [3.8, 4) is 5.75 Å². The normalized spacial score (nSPS) is 10.9. The van der Waals surface area contributed by atoms with Crippen molar-refractivity contribution in [1.29, 1.82) is 0 Å². The Bertz CT molecular complexity index is 645. The summed E-state index contributed by atoms with van der Waals surface area (Å²) in [5.74, 6) is 1.68. The molecule has 0 unspecified atom stereocenters. The summed E-state index contributed by atoms with van der Waals surface area (Å²) in [7, 11) is 1.68. The summed E-state index contributed by atoms with van der Waals surface area (Å²) in [4.78, 5) is 10.2. The molecule has 24 heavy (non-hydrogen) atoms. The average Bonchev–Trinajstić information content (AvgIpc) is 2.98. The lowest BCUT2D eigenvalue weighted by Gasteiger charge is -2.11. The Kier molecular flexibility index (Phi) is 9.70. The fourth-order valence-corrected chi connectivity index (χ4v) is 2.93. The zero-order valence-electron chi connectivity index (χ0n) is 14.3. The van der Waals surface area contributed by atoms with Crippen LogP contribution in [0.2, 0.25) is 0 Å². The number of thiazole rings is 1. The monoisotopic (exact) mass is 460 g/mol. The first-order chi connectivity index (χ1) is 11.2. The number of halogens is 1. The minimum atomic E-state index is 0. The van der Waals surface area contributed by atoms with Crippen LogP contribution in [0.25, 0.3) is 0 Å². The molecule has 0 saturated carbocycles. The van der Waals surface area contributed by atoms with Crippen molar-refractivity contribution in [3.63, 3.8) is 0 Å². The predicted molar refractivity (Wildman–Crippen MR) is 112 cm³/mol. The van der Waals surface area contributed by atoms with Crippen LogP contribution in [0.3, 0.4) is 0 Å². The minimum absolute atomic E-state index is 0. The highest BCUT2D eigenvalue weighted by molar-refractivity contribution is 14.0. The molecule has 7 heteroatoms. The summed E-state index contributed by atoms with van der Waals surface area (Å²) in [5, 5.41) is 7.76. The van der Waals surface area contributed by atoms with Gasteiger partial charge in [-0.3, -0.25) is 0 Å². The third-order valence-corrected chi connectivity index (χ3v) is 4.22. The van der Waals surface area contributed by atoms with Gasteiger partial charge in [0, 0.05) is 36.1 Å². The molecule has 2 rings (SSSR count). The fourth-order valence-electron chi connectivity index (χ4n) is 2.14. The van der Waals surface area contributed by atoms with Crippen LogP contribution in [0, 0.1) is 6.92 Å². The topological polar surface area (TPSA) is 58.5 Å². The van der Waals surface area contributed by atoms with E-state index in [1.165, 1.54) is 4.88 Å². The number of hydrogen-bond donors (Lipinski definition) is 2. The van der Waals surface area contributed by atoms with Crippen LogP contribution < -0.4 is 15.4 Å². The van der Waals surface area contributed by atoms with E-state index < -0.39 is 0 Å². The SMILES string of the molecule is CCNC(=NCc1ccccc1OC)NCCc1ncc(C)s1.I. The largest absolute Gasteiger partial charge is 0.496 e. The van der Waals surface area contributed by atoms with Crippen LogP contribution in [0.1, 0.15) is 22.4 Å². The lowest BCUT2D eigenvalue weighted by Crippen LogP contribution is -2.38. The van der Waals surface area contributed by atoms with Gasteiger partial charge in [-0.2, -0.15) is 0 Å². The van der Waals surface area contributed by atoms with Crippen molar-refractivity contribution in [1.82, 2.24) is 15.6 Å². The van der Waals surface area contributed by atoms with Crippen LogP contribution in [0.5, 0.6) is 5.75 Å².